The fourth-order valence-corrected chi connectivity index (χ4v) is 3.88. The standard InChI is InChI=1S/C23H30O5/c1-14-12-15(2)20-17(13-14)9-7-11-19-21(28-23(4,5)27-19)18(24)10-6-8-16(3)26-22(20)25/h6-7,9-10,12-13,16,18-19,21,24H,8,11H2,1-5H3/b9-7+,10-6-/t16-,18?,19-,21?/m0/s1. The van der Waals surface area contributed by atoms with Gasteiger partial charge in [-0.2, -0.15) is 0 Å². The van der Waals surface area contributed by atoms with E-state index in [2.05, 4.69) is 0 Å². The van der Waals surface area contributed by atoms with E-state index in [0.29, 0.717) is 18.4 Å². The number of hydrogen-bond acceptors (Lipinski definition) is 5. The van der Waals surface area contributed by atoms with Crippen LogP contribution in [0, 0.1) is 13.8 Å². The van der Waals surface area contributed by atoms with Crippen molar-refractivity contribution in [3.05, 3.63) is 52.6 Å². The maximum absolute atomic E-state index is 12.8. The number of aliphatic hydroxyl groups excluding tert-OH is 1. The number of hydrogen-bond donors (Lipinski definition) is 1. The quantitative estimate of drug-likeness (QED) is 0.537. The predicted octanol–water partition coefficient (Wildman–Crippen LogP) is 4.09. The molecular weight excluding hydrogens is 356 g/mol. The Morgan fingerprint density at radius 2 is 1.86 bits per heavy atom. The molecule has 2 unspecified atom stereocenters. The third kappa shape index (κ3) is 4.72. The Labute approximate surface area is 167 Å². The first-order valence-electron chi connectivity index (χ1n) is 9.85. The van der Waals surface area contributed by atoms with Crippen LogP contribution in [0.4, 0.5) is 0 Å². The van der Waals surface area contributed by atoms with Gasteiger partial charge in [-0.3, -0.25) is 0 Å². The van der Waals surface area contributed by atoms with Gasteiger partial charge in [-0.1, -0.05) is 42.0 Å². The van der Waals surface area contributed by atoms with Gasteiger partial charge in [0.05, 0.1) is 11.7 Å². The molecule has 5 nitrogen and oxygen atoms in total. The molecule has 1 N–H and O–H groups in total. The molecular formula is C23H30O5. The zero-order chi connectivity index (χ0) is 20.5. The van der Waals surface area contributed by atoms with E-state index in [4.69, 9.17) is 14.2 Å². The minimum absolute atomic E-state index is 0.271. The summed E-state index contributed by atoms with van der Waals surface area (Å²) in [7, 11) is 0. The molecule has 5 heteroatoms. The number of cyclic esters (lactones) is 1. The van der Waals surface area contributed by atoms with Crippen molar-refractivity contribution in [2.75, 3.05) is 0 Å². The molecule has 0 amide bonds. The molecule has 0 bridgehead atoms. The van der Waals surface area contributed by atoms with Crippen molar-refractivity contribution in [3.8, 4) is 0 Å². The van der Waals surface area contributed by atoms with Gasteiger partial charge in [0.15, 0.2) is 5.79 Å². The Morgan fingerprint density at radius 1 is 1.11 bits per heavy atom. The fraction of sp³-hybridized carbons (Fsp3) is 0.522. The Morgan fingerprint density at radius 3 is 2.61 bits per heavy atom. The minimum Gasteiger partial charge on any atom is -0.459 e. The smallest absolute Gasteiger partial charge is 0.339 e. The van der Waals surface area contributed by atoms with Crippen molar-refractivity contribution in [2.45, 2.75) is 77.7 Å². The van der Waals surface area contributed by atoms with Crippen LogP contribution in [0.3, 0.4) is 0 Å². The van der Waals surface area contributed by atoms with Crippen molar-refractivity contribution in [3.63, 3.8) is 0 Å². The van der Waals surface area contributed by atoms with Crippen molar-refractivity contribution >= 4 is 12.0 Å². The Hall–Kier alpha value is -1.95. The number of esters is 1. The lowest BCUT2D eigenvalue weighted by Gasteiger charge is -2.20. The lowest BCUT2D eigenvalue weighted by Crippen LogP contribution is -2.34. The summed E-state index contributed by atoms with van der Waals surface area (Å²) in [5.74, 6) is -1.07. The maximum Gasteiger partial charge on any atom is 0.339 e. The maximum atomic E-state index is 12.8. The van der Waals surface area contributed by atoms with Crippen molar-refractivity contribution < 1.29 is 24.1 Å². The molecule has 0 aromatic heterocycles. The SMILES string of the molecule is Cc1cc(C)c2c(c1)/C=C/C[C@@H]1OC(C)(C)OC1C(O)/C=C\C[C@H](C)OC2=O. The zero-order valence-electron chi connectivity index (χ0n) is 17.3. The second-order valence-corrected chi connectivity index (χ2v) is 8.19. The highest BCUT2D eigenvalue weighted by atomic mass is 16.8. The summed E-state index contributed by atoms with van der Waals surface area (Å²) in [5.41, 5.74) is 3.41. The highest BCUT2D eigenvalue weighted by molar-refractivity contribution is 5.95. The molecule has 2 aliphatic rings. The van der Waals surface area contributed by atoms with E-state index in [1.807, 2.05) is 65.0 Å². The lowest BCUT2D eigenvalue weighted by atomic mass is 9.97. The molecule has 1 fully saturated rings. The van der Waals surface area contributed by atoms with Gasteiger partial charge in [-0.25, -0.2) is 4.79 Å². The third-order valence-corrected chi connectivity index (χ3v) is 5.05. The van der Waals surface area contributed by atoms with Gasteiger partial charge >= 0.3 is 5.97 Å². The van der Waals surface area contributed by atoms with E-state index in [-0.39, 0.29) is 18.2 Å². The second-order valence-electron chi connectivity index (χ2n) is 8.19. The molecule has 28 heavy (non-hydrogen) atoms. The summed E-state index contributed by atoms with van der Waals surface area (Å²) in [6, 6.07) is 3.98. The molecule has 2 heterocycles. The molecule has 1 saturated heterocycles. The first-order valence-corrected chi connectivity index (χ1v) is 9.85. The largest absolute Gasteiger partial charge is 0.459 e. The molecule has 1 aromatic rings. The second kappa shape index (κ2) is 8.19. The van der Waals surface area contributed by atoms with E-state index in [0.717, 1.165) is 16.7 Å². The third-order valence-electron chi connectivity index (χ3n) is 5.05. The number of aliphatic hydroxyl groups is 1. The number of ether oxygens (including phenoxy) is 3. The van der Waals surface area contributed by atoms with Gasteiger partial charge in [0.25, 0.3) is 0 Å². The molecule has 1 aromatic carbocycles. The molecule has 4 atom stereocenters. The molecule has 0 aliphatic carbocycles. The number of carbonyl (C=O) groups is 1. The summed E-state index contributed by atoms with van der Waals surface area (Å²) in [4.78, 5) is 12.8. The lowest BCUT2D eigenvalue weighted by molar-refractivity contribution is -0.152. The summed E-state index contributed by atoms with van der Waals surface area (Å²) in [6.07, 6.45) is 6.70. The van der Waals surface area contributed by atoms with Gasteiger partial charge in [0.1, 0.15) is 18.3 Å². The van der Waals surface area contributed by atoms with Crippen LogP contribution in [0.15, 0.2) is 30.4 Å². The van der Waals surface area contributed by atoms with Crippen LogP contribution in [0.1, 0.15) is 60.7 Å². The minimum atomic E-state index is -0.789. The molecule has 152 valence electrons. The molecule has 2 aliphatic heterocycles. The number of rotatable bonds is 0. The Bertz CT molecular complexity index is 792. The summed E-state index contributed by atoms with van der Waals surface area (Å²) in [5, 5.41) is 10.6. The number of fused-ring (bicyclic) bond motifs is 2. The highest BCUT2D eigenvalue weighted by Crippen LogP contribution is 2.33. The highest BCUT2D eigenvalue weighted by Gasteiger charge is 2.43. The van der Waals surface area contributed by atoms with Crippen molar-refractivity contribution in [1.82, 2.24) is 0 Å². The summed E-state index contributed by atoms with van der Waals surface area (Å²) >= 11 is 0. The first kappa shape index (κ1) is 20.8. The van der Waals surface area contributed by atoms with Crippen molar-refractivity contribution in [2.24, 2.45) is 0 Å². The van der Waals surface area contributed by atoms with Gasteiger partial charge < -0.3 is 19.3 Å². The van der Waals surface area contributed by atoms with Crippen LogP contribution >= 0.6 is 0 Å². The van der Waals surface area contributed by atoms with Crippen LogP contribution in [0.25, 0.3) is 6.08 Å². The fourth-order valence-electron chi connectivity index (χ4n) is 3.88. The molecule has 0 radical (unpaired) electrons. The van der Waals surface area contributed by atoms with Crippen LogP contribution < -0.4 is 0 Å². The van der Waals surface area contributed by atoms with E-state index in [1.165, 1.54) is 0 Å². The average molecular weight is 386 g/mol. The summed E-state index contributed by atoms with van der Waals surface area (Å²) < 4.78 is 17.6. The zero-order valence-corrected chi connectivity index (χ0v) is 17.3. The van der Waals surface area contributed by atoms with Gasteiger partial charge in [0, 0.05) is 6.42 Å². The van der Waals surface area contributed by atoms with Crippen LogP contribution in [0.5, 0.6) is 0 Å². The van der Waals surface area contributed by atoms with Crippen LogP contribution in [0.2, 0.25) is 0 Å². The molecule has 3 rings (SSSR count). The number of aryl methyl sites for hydroxylation is 2. The molecule has 0 saturated carbocycles. The van der Waals surface area contributed by atoms with Gasteiger partial charge in [-0.05, 0) is 52.2 Å². The van der Waals surface area contributed by atoms with Crippen molar-refractivity contribution in [1.29, 1.82) is 0 Å². The normalized spacial score (nSPS) is 32.6. The Balaban J connectivity index is 1.98. The first-order chi connectivity index (χ1) is 13.2. The van der Waals surface area contributed by atoms with Gasteiger partial charge in [-0.15, -0.1) is 0 Å². The van der Waals surface area contributed by atoms with E-state index in [1.54, 1.807) is 6.08 Å². The van der Waals surface area contributed by atoms with Crippen LogP contribution in [-0.4, -0.2) is 41.3 Å². The number of carbonyl (C=O) groups excluding carboxylic acids is 1. The monoisotopic (exact) mass is 386 g/mol. The molecule has 0 spiro atoms. The summed E-state index contributed by atoms with van der Waals surface area (Å²) in [6.45, 7) is 9.49. The van der Waals surface area contributed by atoms with E-state index >= 15 is 0 Å². The van der Waals surface area contributed by atoms with E-state index < -0.39 is 18.0 Å². The predicted molar refractivity (Wildman–Crippen MR) is 108 cm³/mol. The average Bonchev–Trinajstić information content (AvgIpc) is 2.88. The topological polar surface area (TPSA) is 65.0 Å². The number of benzene rings is 1. The van der Waals surface area contributed by atoms with Gasteiger partial charge in [0.2, 0.25) is 0 Å². The Kier molecular flexibility index (Phi) is 6.08. The van der Waals surface area contributed by atoms with Crippen LogP contribution in [-0.2, 0) is 14.2 Å². The van der Waals surface area contributed by atoms with E-state index in [9.17, 15) is 9.90 Å².